The molecule has 0 bridgehead atoms. The van der Waals surface area contributed by atoms with E-state index >= 15 is 0 Å². The second-order valence-corrected chi connectivity index (χ2v) is 8.03. The Kier molecular flexibility index (Phi) is 6.56. The average molecular weight is 405 g/mol. The summed E-state index contributed by atoms with van der Waals surface area (Å²) in [5.41, 5.74) is 3.03. The first kappa shape index (κ1) is 21.6. The molecule has 0 heterocycles. The van der Waals surface area contributed by atoms with Gasteiger partial charge in [-0.2, -0.15) is 0 Å². The molecule has 0 saturated heterocycles. The van der Waals surface area contributed by atoms with Crippen molar-refractivity contribution in [2.24, 2.45) is 0 Å². The van der Waals surface area contributed by atoms with Crippen LogP contribution in [0.2, 0.25) is 0 Å². The van der Waals surface area contributed by atoms with Crippen LogP contribution in [0.25, 0.3) is 0 Å². The van der Waals surface area contributed by atoms with Crippen molar-refractivity contribution in [3.8, 4) is 11.5 Å². The van der Waals surface area contributed by atoms with Gasteiger partial charge >= 0.3 is 11.9 Å². The molecule has 0 aliphatic heterocycles. The van der Waals surface area contributed by atoms with Crippen molar-refractivity contribution >= 4 is 11.9 Å². The largest absolute Gasteiger partial charge is 0.423 e. The molecule has 2 aromatic carbocycles. The number of carbonyl (C=O) groups excluding carboxylic acids is 2. The maximum atomic E-state index is 11.8. The van der Waals surface area contributed by atoms with E-state index in [-0.39, 0.29) is 5.41 Å². The van der Waals surface area contributed by atoms with Crippen LogP contribution in [0.15, 0.2) is 72.8 Å². The zero-order valence-electron chi connectivity index (χ0n) is 17.7. The number of carbonyl (C=O) groups is 2. The summed E-state index contributed by atoms with van der Waals surface area (Å²) >= 11 is 0. The molecule has 1 fully saturated rings. The van der Waals surface area contributed by atoms with Crippen molar-refractivity contribution in [3.63, 3.8) is 0 Å². The first-order chi connectivity index (χ1) is 14.3. The van der Waals surface area contributed by atoms with Crippen LogP contribution in [0, 0.1) is 0 Å². The molecular weight excluding hydrogens is 376 g/mol. The van der Waals surface area contributed by atoms with Gasteiger partial charge in [0.15, 0.2) is 0 Å². The second kappa shape index (κ2) is 9.12. The lowest BCUT2D eigenvalue weighted by Gasteiger charge is -2.38. The molecule has 156 valence electrons. The topological polar surface area (TPSA) is 52.6 Å². The van der Waals surface area contributed by atoms with Gasteiger partial charge < -0.3 is 9.47 Å². The monoisotopic (exact) mass is 404 g/mol. The molecule has 2 aromatic rings. The Morgan fingerprint density at radius 2 is 1.07 bits per heavy atom. The Balaban J connectivity index is 1.88. The van der Waals surface area contributed by atoms with Gasteiger partial charge in [-0.3, -0.25) is 0 Å². The average Bonchev–Trinajstić information content (AvgIpc) is 2.75. The zero-order chi connectivity index (χ0) is 21.7. The summed E-state index contributed by atoms with van der Waals surface area (Å²) in [6.45, 7) is 10.5. The van der Waals surface area contributed by atoms with E-state index in [1.54, 1.807) is 13.8 Å². The second-order valence-electron chi connectivity index (χ2n) is 8.03. The Morgan fingerprint density at radius 3 is 1.40 bits per heavy atom. The smallest absolute Gasteiger partial charge is 0.338 e. The number of ether oxygens (including phenoxy) is 2. The fourth-order valence-electron chi connectivity index (χ4n) is 3.97. The van der Waals surface area contributed by atoms with Gasteiger partial charge in [-0.1, -0.05) is 56.7 Å². The normalized spacial score (nSPS) is 15.1. The first-order valence-corrected chi connectivity index (χ1v) is 10.3. The molecule has 0 radical (unpaired) electrons. The highest BCUT2D eigenvalue weighted by molar-refractivity contribution is 5.89. The summed E-state index contributed by atoms with van der Waals surface area (Å²) in [4.78, 5) is 23.5. The molecule has 0 unspecified atom stereocenters. The van der Waals surface area contributed by atoms with Crippen molar-refractivity contribution in [3.05, 3.63) is 84.0 Å². The van der Waals surface area contributed by atoms with E-state index in [4.69, 9.17) is 9.47 Å². The highest BCUT2D eigenvalue weighted by Crippen LogP contribution is 2.45. The van der Waals surface area contributed by atoms with Crippen LogP contribution in [-0.2, 0) is 15.0 Å². The summed E-state index contributed by atoms with van der Waals surface area (Å²) in [6, 6.07) is 15.5. The van der Waals surface area contributed by atoms with Gasteiger partial charge in [0.25, 0.3) is 0 Å². The molecule has 0 N–H and O–H groups in total. The molecule has 30 heavy (non-hydrogen) atoms. The minimum absolute atomic E-state index is 0.105. The van der Waals surface area contributed by atoms with Crippen molar-refractivity contribution < 1.29 is 19.1 Å². The summed E-state index contributed by atoms with van der Waals surface area (Å²) < 4.78 is 10.7. The molecule has 1 saturated carbocycles. The predicted molar refractivity (Wildman–Crippen MR) is 118 cm³/mol. The van der Waals surface area contributed by atoms with E-state index in [9.17, 15) is 9.59 Å². The summed E-state index contributed by atoms with van der Waals surface area (Å²) in [5.74, 6) is 0.185. The van der Waals surface area contributed by atoms with Crippen molar-refractivity contribution in [1.82, 2.24) is 0 Å². The summed E-state index contributed by atoms with van der Waals surface area (Å²) in [6.07, 6.45) is 5.62. The fourth-order valence-corrected chi connectivity index (χ4v) is 3.97. The van der Waals surface area contributed by atoms with Gasteiger partial charge in [-0.15, -0.1) is 0 Å². The zero-order valence-corrected chi connectivity index (χ0v) is 17.7. The molecule has 0 aromatic heterocycles. The Labute approximate surface area is 178 Å². The van der Waals surface area contributed by atoms with Crippen molar-refractivity contribution in [2.45, 2.75) is 51.4 Å². The molecule has 0 amide bonds. The highest BCUT2D eigenvalue weighted by atomic mass is 16.5. The minimum Gasteiger partial charge on any atom is -0.423 e. The van der Waals surface area contributed by atoms with Crippen LogP contribution in [0.3, 0.4) is 0 Å². The van der Waals surface area contributed by atoms with Crippen LogP contribution in [0.5, 0.6) is 11.5 Å². The van der Waals surface area contributed by atoms with Crippen molar-refractivity contribution in [1.29, 1.82) is 0 Å². The SMILES string of the molecule is C=C(C)C(=O)Oc1ccc(C2(c3ccc(OC(=O)C(=C)C)cc3)CCCCC2)cc1. The lowest BCUT2D eigenvalue weighted by molar-refractivity contribution is -0.130. The van der Waals surface area contributed by atoms with Crippen LogP contribution in [-0.4, -0.2) is 11.9 Å². The predicted octanol–water partition coefficient (Wildman–Crippen LogP) is 5.90. The van der Waals surface area contributed by atoms with E-state index in [1.807, 2.05) is 48.5 Å². The van der Waals surface area contributed by atoms with E-state index in [0.29, 0.717) is 22.6 Å². The van der Waals surface area contributed by atoms with Gasteiger partial charge in [-0.25, -0.2) is 9.59 Å². The highest BCUT2D eigenvalue weighted by Gasteiger charge is 2.35. The number of benzene rings is 2. The quantitative estimate of drug-likeness (QED) is 0.342. The number of rotatable bonds is 6. The molecule has 1 aliphatic carbocycles. The molecule has 4 heteroatoms. The fraction of sp³-hybridized carbons (Fsp3) is 0.308. The first-order valence-electron chi connectivity index (χ1n) is 10.3. The van der Waals surface area contributed by atoms with E-state index in [1.165, 1.54) is 17.5 Å². The van der Waals surface area contributed by atoms with Gasteiger partial charge in [0.05, 0.1) is 0 Å². The molecule has 1 aliphatic rings. The number of hydrogen-bond acceptors (Lipinski definition) is 4. The molecule has 4 nitrogen and oxygen atoms in total. The van der Waals surface area contributed by atoms with Gasteiger partial charge in [-0.05, 0) is 62.1 Å². The maximum absolute atomic E-state index is 11.8. The number of hydrogen-bond donors (Lipinski definition) is 0. The third-order valence-electron chi connectivity index (χ3n) is 5.64. The Morgan fingerprint density at radius 1 is 0.700 bits per heavy atom. The Hall–Kier alpha value is -3.14. The van der Waals surface area contributed by atoms with E-state index < -0.39 is 11.9 Å². The summed E-state index contributed by atoms with van der Waals surface area (Å²) in [7, 11) is 0. The van der Waals surface area contributed by atoms with Crippen LogP contribution in [0.4, 0.5) is 0 Å². The molecule has 0 spiro atoms. The summed E-state index contributed by atoms with van der Waals surface area (Å²) in [5, 5.41) is 0. The van der Waals surface area contributed by atoms with Gasteiger partial charge in [0.2, 0.25) is 0 Å². The lowest BCUT2D eigenvalue weighted by atomic mass is 9.65. The van der Waals surface area contributed by atoms with Crippen LogP contribution >= 0.6 is 0 Å². The molecule has 0 atom stereocenters. The van der Waals surface area contributed by atoms with Crippen LogP contribution < -0.4 is 9.47 Å². The van der Waals surface area contributed by atoms with Crippen molar-refractivity contribution in [2.75, 3.05) is 0 Å². The standard InChI is InChI=1S/C26H28O4/c1-18(2)24(27)29-22-12-8-20(9-13-22)26(16-6-5-7-17-26)21-10-14-23(15-11-21)30-25(28)19(3)4/h8-15H,1,3,5-7,16-17H2,2,4H3. The molecule has 3 rings (SSSR count). The minimum atomic E-state index is -0.421. The third kappa shape index (κ3) is 4.70. The lowest BCUT2D eigenvalue weighted by Crippen LogP contribution is -2.30. The third-order valence-corrected chi connectivity index (χ3v) is 5.64. The van der Waals surface area contributed by atoms with Gasteiger partial charge in [0.1, 0.15) is 11.5 Å². The Bertz CT molecular complexity index is 872. The van der Waals surface area contributed by atoms with E-state index in [0.717, 1.165) is 25.7 Å². The number of esters is 2. The van der Waals surface area contributed by atoms with Gasteiger partial charge in [0, 0.05) is 16.6 Å². The van der Waals surface area contributed by atoms with E-state index in [2.05, 4.69) is 13.2 Å². The molecular formula is C26H28O4. The maximum Gasteiger partial charge on any atom is 0.338 e. The van der Waals surface area contributed by atoms with Crippen LogP contribution in [0.1, 0.15) is 57.1 Å².